The minimum absolute atomic E-state index is 0.0388. The van der Waals surface area contributed by atoms with Gasteiger partial charge < -0.3 is 20.7 Å². The highest BCUT2D eigenvalue weighted by molar-refractivity contribution is 6.46. The van der Waals surface area contributed by atoms with E-state index in [1.165, 1.54) is 0 Å². The summed E-state index contributed by atoms with van der Waals surface area (Å²) in [7, 11) is -0.733. The van der Waals surface area contributed by atoms with Crippen LogP contribution >= 0.6 is 0 Å². The van der Waals surface area contributed by atoms with Crippen molar-refractivity contribution < 1.29 is 14.9 Å². The highest BCUT2D eigenvalue weighted by atomic mass is 16.3. The summed E-state index contributed by atoms with van der Waals surface area (Å²) < 4.78 is 0. The van der Waals surface area contributed by atoms with Crippen molar-refractivity contribution in [3.8, 4) is 5.75 Å². The molecule has 0 spiro atoms. The van der Waals surface area contributed by atoms with Crippen LogP contribution in [0.1, 0.15) is 24.4 Å². The van der Waals surface area contributed by atoms with Crippen molar-refractivity contribution in [2.75, 3.05) is 0 Å². The fraction of sp³-hybridized carbons (Fsp3) is 0.417. The quantitative estimate of drug-likeness (QED) is 0.679. The maximum absolute atomic E-state index is 11.4. The first kappa shape index (κ1) is 12.9. The van der Waals surface area contributed by atoms with Crippen molar-refractivity contribution in [2.45, 2.75) is 31.7 Å². The molecule has 5 nitrogen and oxygen atoms in total. The molecule has 1 unspecified atom stereocenters. The van der Waals surface area contributed by atoms with E-state index in [-0.39, 0.29) is 11.8 Å². The van der Waals surface area contributed by atoms with Gasteiger partial charge in [0.2, 0.25) is 5.91 Å². The topological polar surface area (TPSA) is 86.8 Å². The molecule has 0 aliphatic carbocycles. The van der Waals surface area contributed by atoms with E-state index in [0.717, 1.165) is 12.0 Å². The molecule has 0 bridgehead atoms. The summed E-state index contributed by atoms with van der Waals surface area (Å²) in [6, 6.07) is 6.35. The average Bonchev–Trinajstić information content (AvgIpc) is 2.74. The van der Waals surface area contributed by atoms with Gasteiger partial charge in [0.25, 0.3) is 0 Å². The van der Waals surface area contributed by atoms with Crippen molar-refractivity contribution >= 4 is 13.0 Å². The molecule has 1 fully saturated rings. The smallest absolute Gasteiger partial charge is 0.377 e. The van der Waals surface area contributed by atoms with E-state index >= 15 is 0 Å². The van der Waals surface area contributed by atoms with Crippen molar-refractivity contribution in [1.82, 2.24) is 4.81 Å². The summed E-state index contributed by atoms with van der Waals surface area (Å²) in [6.45, 7) is 1.63. The van der Waals surface area contributed by atoms with E-state index in [2.05, 4.69) is 0 Å². The Morgan fingerprint density at radius 2 is 2.00 bits per heavy atom. The zero-order valence-corrected chi connectivity index (χ0v) is 10.3. The number of phenolic OH excluding ortho intramolecular Hbond substituents is 1. The fourth-order valence-electron chi connectivity index (χ4n) is 2.68. The second kappa shape index (κ2) is 5.00. The Hall–Kier alpha value is -1.53. The Labute approximate surface area is 106 Å². The van der Waals surface area contributed by atoms with Gasteiger partial charge in [-0.1, -0.05) is 12.1 Å². The van der Waals surface area contributed by atoms with E-state index < -0.39 is 19.0 Å². The van der Waals surface area contributed by atoms with Crippen LogP contribution in [0.25, 0.3) is 0 Å². The number of rotatable bonds is 3. The summed E-state index contributed by atoms with van der Waals surface area (Å²) in [5.41, 5.74) is 6.33. The maximum Gasteiger partial charge on any atom is 0.377 e. The average molecular weight is 248 g/mol. The number of primary amides is 1. The predicted octanol–water partition coefficient (Wildman–Crippen LogP) is 0.493. The second-order valence-electron chi connectivity index (χ2n) is 4.68. The lowest BCUT2D eigenvalue weighted by molar-refractivity contribution is -0.121. The minimum atomic E-state index is -0.733. The lowest BCUT2D eigenvalue weighted by atomic mass is 9.81. The molecule has 1 aromatic rings. The van der Waals surface area contributed by atoms with E-state index in [4.69, 9.17) is 5.73 Å². The number of benzene rings is 1. The molecular weight excluding hydrogens is 231 g/mol. The van der Waals surface area contributed by atoms with Crippen LogP contribution in [0.2, 0.25) is 6.82 Å². The number of carbonyl (C=O) groups excluding carboxylic acids is 1. The minimum Gasteiger partial charge on any atom is -0.508 e. The van der Waals surface area contributed by atoms with E-state index in [1.54, 1.807) is 35.9 Å². The Balaban J connectivity index is 2.27. The molecule has 1 amide bonds. The largest absolute Gasteiger partial charge is 0.508 e. The number of amides is 1. The van der Waals surface area contributed by atoms with Gasteiger partial charge in [0.1, 0.15) is 5.75 Å². The second-order valence-corrected chi connectivity index (χ2v) is 4.68. The molecule has 1 aliphatic rings. The molecule has 0 aromatic heterocycles. The number of nitrogens with zero attached hydrogens (tertiary/aromatic N) is 1. The number of hydrogen-bond acceptors (Lipinski definition) is 4. The van der Waals surface area contributed by atoms with Gasteiger partial charge in [-0.3, -0.25) is 4.79 Å². The number of phenols is 1. The molecule has 2 rings (SSSR count). The van der Waals surface area contributed by atoms with E-state index in [9.17, 15) is 14.9 Å². The first-order valence-electron chi connectivity index (χ1n) is 6.04. The molecule has 6 heteroatoms. The molecule has 96 valence electrons. The molecule has 2 atom stereocenters. The van der Waals surface area contributed by atoms with Crippen LogP contribution in [0, 0.1) is 0 Å². The summed E-state index contributed by atoms with van der Waals surface area (Å²) in [5, 5.41) is 19.1. The number of aromatic hydroxyl groups is 1. The predicted molar refractivity (Wildman–Crippen MR) is 68.7 cm³/mol. The molecular formula is C12H17BN2O3. The molecule has 1 aliphatic heterocycles. The highest BCUT2D eigenvalue weighted by Gasteiger charge is 2.41. The van der Waals surface area contributed by atoms with Gasteiger partial charge in [0, 0.05) is 6.04 Å². The lowest BCUT2D eigenvalue weighted by Gasteiger charge is -2.29. The van der Waals surface area contributed by atoms with Crippen molar-refractivity contribution in [1.29, 1.82) is 0 Å². The van der Waals surface area contributed by atoms with Gasteiger partial charge in [-0.25, -0.2) is 0 Å². The monoisotopic (exact) mass is 248 g/mol. The van der Waals surface area contributed by atoms with Crippen molar-refractivity contribution in [3.63, 3.8) is 0 Å². The third-order valence-corrected chi connectivity index (χ3v) is 3.47. The molecule has 1 heterocycles. The number of carbonyl (C=O) groups is 1. The zero-order chi connectivity index (χ0) is 13.3. The summed E-state index contributed by atoms with van der Waals surface area (Å²) >= 11 is 0. The Bertz CT molecular complexity index is 435. The van der Waals surface area contributed by atoms with Crippen LogP contribution in [-0.2, 0) is 4.79 Å². The molecule has 1 aromatic carbocycles. The molecule has 0 saturated carbocycles. The fourth-order valence-corrected chi connectivity index (χ4v) is 2.68. The zero-order valence-electron chi connectivity index (χ0n) is 10.3. The highest BCUT2D eigenvalue weighted by Crippen LogP contribution is 2.36. The molecule has 1 saturated heterocycles. The van der Waals surface area contributed by atoms with Crippen LogP contribution in [0.5, 0.6) is 5.75 Å². The lowest BCUT2D eigenvalue weighted by Crippen LogP contribution is -2.48. The third-order valence-electron chi connectivity index (χ3n) is 3.47. The van der Waals surface area contributed by atoms with Crippen LogP contribution < -0.4 is 5.73 Å². The summed E-state index contributed by atoms with van der Waals surface area (Å²) in [6.07, 6.45) is 1.41. The van der Waals surface area contributed by atoms with Gasteiger partial charge in [-0.15, -0.1) is 0 Å². The Kier molecular flexibility index (Phi) is 3.59. The van der Waals surface area contributed by atoms with Gasteiger partial charge in [-0.2, -0.15) is 0 Å². The third kappa shape index (κ3) is 2.35. The van der Waals surface area contributed by atoms with Crippen LogP contribution in [-0.4, -0.2) is 33.9 Å². The Morgan fingerprint density at radius 1 is 1.39 bits per heavy atom. The van der Waals surface area contributed by atoms with E-state index in [1.807, 2.05) is 0 Å². The number of nitrogens with two attached hydrogens (primary N) is 1. The van der Waals surface area contributed by atoms with Gasteiger partial charge in [-0.05, 0) is 37.4 Å². The molecule has 18 heavy (non-hydrogen) atoms. The summed E-state index contributed by atoms with van der Waals surface area (Å²) in [4.78, 5) is 13.1. The maximum atomic E-state index is 11.4. The molecule has 4 N–H and O–H groups in total. The number of hydrogen-bond donors (Lipinski definition) is 3. The SMILES string of the molecule is CB(O)N1C(c2ccc(O)cc2)CC[C@H]1C(N)=O. The first-order chi connectivity index (χ1) is 8.50. The molecule has 0 radical (unpaired) electrons. The van der Waals surface area contributed by atoms with Crippen LogP contribution in [0.3, 0.4) is 0 Å². The van der Waals surface area contributed by atoms with Crippen molar-refractivity contribution in [2.24, 2.45) is 5.73 Å². The van der Waals surface area contributed by atoms with Crippen LogP contribution in [0.15, 0.2) is 24.3 Å². The Morgan fingerprint density at radius 3 is 2.50 bits per heavy atom. The normalized spacial score (nSPS) is 24.1. The van der Waals surface area contributed by atoms with Gasteiger partial charge in [0.15, 0.2) is 0 Å². The standard InChI is InChI=1S/C12H17BN2O3/c1-13(18)15-10(6-7-11(15)12(14)17)8-2-4-9(16)5-3-8/h2-5,10-11,16,18H,6-7H2,1H3,(H2,14,17)/t10?,11-/m0/s1. The summed E-state index contributed by atoms with van der Waals surface area (Å²) in [5.74, 6) is -0.205. The van der Waals surface area contributed by atoms with Gasteiger partial charge >= 0.3 is 7.05 Å². The van der Waals surface area contributed by atoms with Gasteiger partial charge in [0.05, 0.1) is 6.04 Å². The van der Waals surface area contributed by atoms with E-state index in [0.29, 0.717) is 6.42 Å². The first-order valence-corrected chi connectivity index (χ1v) is 6.04. The van der Waals surface area contributed by atoms with Crippen molar-refractivity contribution in [3.05, 3.63) is 29.8 Å². The van der Waals surface area contributed by atoms with Crippen LogP contribution in [0.4, 0.5) is 0 Å².